The van der Waals surface area contributed by atoms with Crippen LogP contribution in [-0.2, 0) is 10.0 Å². The van der Waals surface area contributed by atoms with Crippen molar-refractivity contribution < 1.29 is 17.9 Å². The van der Waals surface area contributed by atoms with Crippen LogP contribution in [-0.4, -0.2) is 38.3 Å². The summed E-state index contributed by atoms with van der Waals surface area (Å²) < 4.78 is 32.7. The standard InChI is InChI=1S/C21H26N2O4S/c1-3-27-19-9-7-18(8-10-19)22-21(24)17-5-4-6-20(15-17)28(25,26)23-13-11-16(2)12-14-23/h4-10,15-16H,3,11-14H2,1-2H3,(H,22,24). The lowest BCUT2D eigenvalue weighted by molar-refractivity contribution is 0.102. The highest BCUT2D eigenvalue weighted by Gasteiger charge is 2.28. The first-order chi connectivity index (χ1) is 13.4. The van der Waals surface area contributed by atoms with E-state index in [4.69, 9.17) is 4.74 Å². The summed E-state index contributed by atoms with van der Waals surface area (Å²) in [5.41, 5.74) is 0.923. The van der Waals surface area contributed by atoms with Crippen LogP contribution in [0.1, 0.15) is 37.0 Å². The lowest BCUT2D eigenvalue weighted by Gasteiger charge is -2.29. The summed E-state index contributed by atoms with van der Waals surface area (Å²) >= 11 is 0. The molecule has 0 aromatic heterocycles. The SMILES string of the molecule is CCOc1ccc(NC(=O)c2cccc(S(=O)(=O)N3CCC(C)CC3)c2)cc1. The lowest BCUT2D eigenvalue weighted by Crippen LogP contribution is -2.37. The molecule has 0 saturated carbocycles. The van der Waals surface area contributed by atoms with Crippen molar-refractivity contribution in [2.45, 2.75) is 31.6 Å². The Morgan fingerprint density at radius 2 is 1.82 bits per heavy atom. The van der Waals surface area contributed by atoms with Crippen LogP contribution >= 0.6 is 0 Å². The van der Waals surface area contributed by atoms with Gasteiger partial charge in [0.15, 0.2) is 0 Å². The minimum atomic E-state index is -3.59. The molecule has 2 aromatic rings. The van der Waals surface area contributed by atoms with E-state index in [0.29, 0.717) is 36.9 Å². The van der Waals surface area contributed by atoms with E-state index >= 15 is 0 Å². The molecular weight excluding hydrogens is 376 g/mol. The average molecular weight is 403 g/mol. The Kier molecular flexibility index (Phi) is 6.36. The van der Waals surface area contributed by atoms with Crippen molar-refractivity contribution in [2.24, 2.45) is 5.92 Å². The van der Waals surface area contributed by atoms with E-state index in [1.165, 1.54) is 10.4 Å². The average Bonchev–Trinajstić information content (AvgIpc) is 2.70. The van der Waals surface area contributed by atoms with Gasteiger partial charge >= 0.3 is 0 Å². The van der Waals surface area contributed by atoms with E-state index in [1.54, 1.807) is 42.5 Å². The van der Waals surface area contributed by atoms with Crippen LogP contribution in [0.3, 0.4) is 0 Å². The summed E-state index contributed by atoms with van der Waals surface area (Å²) in [4.78, 5) is 12.7. The van der Waals surface area contributed by atoms with Gasteiger partial charge in [0.1, 0.15) is 5.75 Å². The fourth-order valence-corrected chi connectivity index (χ4v) is 4.69. The summed E-state index contributed by atoms with van der Waals surface area (Å²) in [6, 6.07) is 13.2. The molecule has 7 heteroatoms. The Labute approximate surface area is 166 Å². The first-order valence-electron chi connectivity index (χ1n) is 9.54. The van der Waals surface area contributed by atoms with Gasteiger partial charge < -0.3 is 10.1 Å². The molecule has 1 heterocycles. The van der Waals surface area contributed by atoms with Crippen molar-refractivity contribution in [3.8, 4) is 5.75 Å². The van der Waals surface area contributed by atoms with E-state index in [0.717, 1.165) is 18.6 Å². The van der Waals surface area contributed by atoms with Gasteiger partial charge in [0.25, 0.3) is 5.91 Å². The number of hydrogen-bond donors (Lipinski definition) is 1. The molecule has 28 heavy (non-hydrogen) atoms. The van der Waals surface area contributed by atoms with Crippen molar-refractivity contribution in [1.82, 2.24) is 4.31 Å². The molecule has 1 N–H and O–H groups in total. The van der Waals surface area contributed by atoms with Gasteiger partial charge in [0, 0.05) is 24.3 Å². The number of piperidine rings is 1. The van der Waals surface area contributed by atoms with Gasteiger partial charge in [0.2, 0.25) is 10.0 Å². The smallest absolute Gasteiger partial charge is 0.255 e. The molecule has 0 aliphatic carbocycles. The predicted molar refractivity (Wildman–Crippen MR) is 109 cm³/mol. The fourth-order valence-electron chi connectivity index (χ4n) is 3.18. The van der Waals surface area contributed by atoms with E-state index in [9.17, 15) is 13.2 Å². The Balaban J connectivity index is 1.74. The van der Waals surface area contributed by atoms with Gasteiger partial charge in [-0.2, -0.15) is 4.31 Å². The van der Waals surface area contributed by atoms with Crippen LogP contribution in [0.5, 0.6) is 5.75 Å². The predicted octanol–water partition coefficient (Wildman–Crippen LogP) is 3.76. The molecule has 1 saturated heterocycles. The van der Waals surface area contributed by atoms with Gasteiger partial charge in [-0.3, -0.25) is 4.79 Å². The number of hydrogen-bond acceptors (Lipinski definition) is 4. The first-order valence-corrected chi connectivity index (χ1v) is 11.0. The molecule has 150 valence electrons. The maximum absolute atomic E-state index is 12.9. The van der Waals surface area contributed by atoms with Crippen molar-refractivity contribution in [3.63, 3.8) is 0 Å². The summed E-state index contributed by atoms with van der Waals surface area (Å²) in [5.74, 6) is 0.913. The quantitative estimate of drug-likeness (QED) is 0.798. The summed E-state index contributed by atoms with van der Waals surface area (Å²) in [6.07, 6.45) is 1.72. The third-order valence-electron chi connectivity index (χ3n) is 4.90. The van der Waals surface area contributed by atoms with Crippen LogP contribution in [0.4, 0.5) is 5.69 Å². The van der Waals surface area contributed by atoms with Crippen LogP contribution in [0, 0.1) is 5.92 Å². The number of benzene rings is 2. The zero-order valence-electron chi connectivity index (χ0n) is 16.2. The first kappa shape index (κ1) is 20.4. The second-order valence-electron chi connectivity index (χ2n) is 7.03. The van der Waals surface area contributed by atoms with Crippen LogP contribution < -0.4 is 10.1 Å². The topological polar surface area (TPSA) is 75.7 Å². The number of carbonyl (C=O) groups excluding carboxylic acids is 1. The van der Waals surface area contributed by atoms with E-state index < -0.39 is 10.0 Å². The Bertz CT molecular complexity index is 918. The fraction of sp³-hybridized carbons (Fsp3) is 0.381. The number of nitrogens with zero attached hydrogens (tertiary/aromatic N) is 1. The van der Waals surface area contributed by atoms with Gasteiger partial charge in [-0.15, -0.1) is 0 Å². The van der Waals surface area contributed by atoms with Crippen LogP contribution in [0.2, 0.25) is 0 Å². The normalized spacial score (nSPS) is 15.9. The number of ether oxygens (including phenoxy) is 1. The molecule has 3 rings (SSSR count). The molecular formula is C21H26N2O4S. The molecule has 0 radical (unpaired) electrons. The summed E-state index contributed by atoms with van der Waals surface area (Å²) in [5, 5.41) is 2.79. The Morgan fingerprint density at radius 1 is 1.14 bits per heavy atom. The third-order valence-corrected chi connectivity index (χ3v) is 6.79. The molecule has 1 aliphatic rings. The molecule has 1 fully saturated rings. The highest BCUT2D eigenvalue weighted by Crippen LogP contribution is 2.24. The van der Waals surface area contributed by atoms with Gasteiger partial charge in [-0.05, 0) is 68.1 Å². The number of anilines is 1. The highest BCUT2D eigenvalue weighted by atomic mass is 32.2. The number of sulfonamides is 1. The van der Waals surface area contributed by atoms with Crippen LogP contribution in [0.25, 0.3) is 0 Å². The van der Waals surface area contributed by atoms with E-state index in [1.807, 2.05) is 6.92 Å². The van der Waals surface area contributed by atoms with E-state index in [-0.39, 0.29) is 10.8 Å². The second kappa shape index (κ2) is 8.75. The Morgan fingerprint density at radius 3 is 2.46 bits per heavy atom. The summed E-state index contributed by atoms with van der Waals surface area (Å²) in [7, 11) is -3.59. The zero-order chi connectivity index (χ0) is 20.1. The molecule has 0 spiro atoms. The number of rotatable bonds is 6. The monoisotopic (exact) mass is 402 g/mol. The highest BCUT2D eigenvalue weighted by molar-refractivity contribution is 7.89. The molecule has 0 atom stereocenters. The van der Waals surface area contributed by atoms with Crippen molar-refractivity contribution in [1.29, 1.82) is 0 Å². The van der Waals surface area contributed by atoms with Gasteiger partial charge in [-0.25, -0.2) is 8.42 Å². The summed E-state index contributed by atoms with van der Waals surface area (Å²) in [6.45, 7) is 5.65. The maximum atomic E-state index is 12.9. The van der Waals surface area contributed by atoms with Crippen molar-refractivity contribution >= 4 is 21.6 Å². The molecule has 0 unspecified atom stereocenters. The lowest BCUT2D eigenvalue weighted by atomic mass is 10.0. The van der Waals surface area contributed by atoms with Crippen molar-refractivity contribution in [2.75, 3.05) is 25.0 Å². The van der Waals surface area contributed by atoms with Gasteiger partial charge in [-0.1, -0.05) is 13.0 Å². The third kappa shape index (κ3) is 4.72. The molecule has 2 aromatic carbocycles. The molecule has 6 nitrogen and oxygen atoms in total. The largest absolute Gasteiger partial charge is 0.494 e. The minimum Gasteiger partial charge on any atom is -0.494 e. The number of carbonyl (C=O) groups is 1. The number of nitrogens with one attached hydrogen (secondary N) is 1. The Hall–Kier alpha value is -2.38. The second-order valence-corrected chi connectivity index (χ2v) is 8.96. The van der Waals surface area contributed by atoms with E-state index in [2.05, 4.69) is 12.2 Å². The van der Waals surface area contributed by atoms with Gasteiger partial charge in [0.05, 0.1) is 11.5 Å². The van der Waals surface area contributed by atoms with Crippen molar-refractivity contribution in [3.05, 3.63) is 54.1 Å². The molecule has 1 amide bonds. The number of amides is 1. The minimum absolute atomic E-state index is 0.154. The van der Waals surface area contributed by atoms with Crippen LogP contribution in [0.15, 0.2) is 53.4 Å². The maximum Gasteiger partial charge on any atom is 0.255 e. The molecule has 1 aliphatic heterocycles. The zero-order valence-corrected chi connectivity index (χ0v) is 17.0. The molecule has 0 bridgehead atoms.